The fourth-order valence-electron chi connectivity index (χ4n) is 2.82. The monoisotopic (exact) mass is 431 g/mol. The number of thioether (sulfide) groups is 1. The summed E-state index contributed by atoms with van der Waals surface area (Å²) < 4.78 is 2.02. The number of carbonyl (C=O) groups is 1. The maximum Gasteiger partial charge on any atom is 0.250 e. The average Bonchev–Trinajstić information content (AvgIpc) is 2.96. The van der Waals surface area contributed by atoms with Crippen LogP contribution in [0.1, 0.15) is 17.0 Å². The zero-order valence-electron chi connectivity index (χ0n) is 15.4. The number of carbonyl (C=O) groups excluding carboxylic acids is 1. The first-order valence-corrected chi connectivity index (χ1v) is 10.3. The Kier molecular flexibility index (Phi) is 6.83. The normalized spacial score (nSPS) is 11.1. The van der Waals surface area contributed by atoms with Gasteiger partial charge in [0, 0.05) is 26.9 Å². The highest BCUT2D eigenvalue weighted by atomic mass is 35.5. The molecule has 0 atom stereocenters. The van der Waals surface area contributed by atoms with Gasteiger partial charge in [-0.15, -0.1) is 11.8 Å². The Morgan fingerprint density at radius 2 is 1.89 bits per heavy atom. The van der Waals surface area contributed by atoms with Crippen LogP contribution in [-0.4, -0.2) is 22.4 Å². The standard InChI is InChI=1S/C21H19Cl2N3OS/c1-14-10-16(15(2)26(14)20-11-17(22)8-9-19(20)23)12-24-25-21(27)13-28-18-6-4-3-5-7-18/h3-12H,13H2,1-2H3,(H,25,27)/b24-12+. The topological polar surface area (TPSA) is 46.4 Å². The van der Waals surface area contributed by atoms with Crippen molar-refractivity contribution in [2.45, 2.75) is 18.7 Å². The minimum atomic E-state index is -0.156. The fourth-order valence-corrected chi connectivity index (χ4v) is 3.90. The van der Waals surface area contributed by atoms with Crippen molar-refractivity contribution in [2.24, 2.45) is 5.10 Å². The number of benzene rings is 2. The molecular weight excluding hydrogens is 413 g/mol. The Morgan fingerprint density at radius 3 is 2.64 bits per heavy atom. The number of hydrazone groups is 1. The number of rotatable bonds is 6. The predicted molar refractivity (Wildman–Crippen MR) is 118 cm³/mol. The van der Waals surface area contributed by atoms with Crippen LogP contribution in [0.3, 0.4) is 0 Å². The first-order valence-electron chi connectivity index (χ1n) is 8.60. The molecule has 1 N–H and O–H groups in total. The lowest BCUT2D eigenvalue weighted by atomic mass is 10.2. The van der Waals surface area contributed by atoms with Crippen LogP contribution in [0.5, 0.6) is 0 Å². The maximum atomic E-state index is 12.0. The Hall–Kier alpha value is -2.21. The van der Waals surface area contributed by atoms with E-state index in [1.54, 1.807) is 18.3 Å². The van der Waals surface area contributed by atoms with E-state index in [1.807, 2.05) is 60.9 Å². The first-order chi connectivity index (χ1) is 13.5. The number of aryl methyl sites for hydroxylation is 1. The van der Waals surface area contributed by atoms with E-state index in [4.69, 9.17) is 23.2 Å². The van der Waals surface area contributed by atoms with Crippen molar-refractivity contribution in [1.29, 1.82) is 0 Å². The minimum absolute atomic E-state index is 0.156. The van der Waals surface area contributed by atoms with Gasteiger partial charge in [0.1, 0.15) is 0 Å². The van der Waals surface area contributed by atoms with Crippen molar-refractivity contribution >= 4 is 47.1 Å². The van der Waals surface area contributed by atoms with Gasteiger partial charge in [-0.1, -0.05) is 41.4 Å². The van der Waals surface area contributed by atoms with Gasteiger partial charge in [0.15, 0.2) is 0 Å². The number of halogens is 2. The van der Waals surface area contributed by atoms with Crippen LogP contribution in [-0.2, 0) is 4.79 Å². The highest BCUT2D eigenvalue weighted by molar-refractivity contribution is 8.00. The molecule has 3 aromatic rings. The minimum Gasteiger partial charge on any atom is -0.316 e. The van der Waals surface area contributed by atoms with E-state index in [0.717, 1.165) is 27.5 Å². The molecule has 0 bridgehead atoms. The van der Waals surface area contributed by atoms with Crippen LogP contribution in [0, 0.1) is 13.8 Å². The molecule has 2 aromatic carbocycles. The van der Waals surface area contributed by atoms with Crippen LogP contribution in [0.2, 0.25) is 10.0 Å². The SMILES string of the molecule is Cc1cc(/C=N/NC(=O)CSc2ccccc2)c(C)n1-c1cc(Cl)ccc1Cl. The smallest absolute Gasteiger partial charge is 0.250 e. The molecule has 3 rings (SSSR count). The number of amides is 1. The van der Waals surface area contributed by atoms with E-state index in [1.165, 1.54) is 11.8 Å². The third-order valence-corrected chi connectivity index (χ3v) is 5.69. The summed E-state index contributed by atoms with van der Waals surface area (Å²) in [6.45, 7) is 3.95. The van der Waals surface area contributed by atoms with Crippen molar-refractivity contribution < 1.29 is 4.79 Å². The van der Waals surface area contributed by atoms with Crippen molar-refractivity contribution in [3.8, 4) is 5.69 Å². The number of hydrogen-bond donors (Lipinski definition) is 1. The molecule has 0 aliphatic heterocycles. The quantitative estimate of drug-likeness (QED) is 0.311. The number of nitrogens with zero attached hydrogens (tertiary/aromatic N) is 2. The molecule has 28 heavy (non-hydrogen) atoms. The van der Waals surface area contributed by atoms with E-state index in [-0.39, 0.29) is 5.91 Å². The second-order valence-corrected chi connectivity index (χ2v) is 8.04. The molecule has 4 nitrogen and oxygen atoms in total. The summed E-state index contributed by atoms with van der Waals surface area (Å²) in [5.41, 5.74) is 6.23. The number of hydrogen-bond acceptors (Lipinski definition) is 3. The molecule has 1 amide bonds. The highest BCUT2D eigenvalue weighted by Gasteiger charge is 2.12. The average molecular weight is 432 g/mol. The van der Waals surface area contributed by atoms with Gasteiger partial charge in [0.2, 0.25) is 5.91 Å². The molecule has 0 fully saturated rings. The molecule has 1 heterocycles. The molecule has 0 spiro atoms. The molecular formula is C21H19Cl2N3OS. The van der Waals surface area contributed by atoms with Crippen molar-refractivity contribution in [3.05, 3.63) is 81.6 Å². The first kappa shape index (κ1) is 20.5. The summed E-state index contributed by atoms with van der Waals surface area (Å²) in [6.07, 6.45) is 1.64. The molecule has 0 aliphatic rings. The molecule has 0 radical (unpaired) electrons. The molecule has 144 valence electrons. The Bertz CT molecular complexity index is 1020. The zero-order chi connectivity index (χ0) is 20.1. The predicted octanol–water partition coefficient (Wildman–Crippen LogP) is 5.64. The summed E-state index contributed by atoms with van der Waals surface area (Å²) in [5, 5.41) is 5.32. The van der Waals surface area contributed by atoms with E-state index < -0.39 is 0 Å². The van der Waals surface area contributed by atoms with Crippen molar-refractivity contribution in [2.75, 3.05) is 5.75 Å². The summed E-state index contributed by atoms with van der Waals surface area (Å²) in [6, 6.07) is 17.1. The lowest BCUT2D eigenvalue weighted by Crippen LogP contribution is -2.19. The molecule has 0 unspecified atom stereocenters. The van der Waals surface area contributed by atoms with Gasteiger partial charge in [-0.2, -0.15) is 5.10 Å². The molecule has 1 aromatic heterocycles. The maximum absolute atomic E-state index is 12.0. The second kappa shape index (κ2) is 9.32. The van der Waals surface area contributed by atoms with E-state index in [2.05, 4.69) is 10.5 Å². The largest absolute Gasteiger partial charge is 0.316 e. The van der Waals surface area contributed by atoms with Crippen molar-refractivity contribution in [3.63, 3.8) is 0 Å². The Morgan fingerprint density at radius 1 is 1.14 bits per heavy atom. The molecule has 0 aliphatic carbocycles. The summed E-state index contributed by atoms with van der Waals surface area (Å²) in [5.74, 6) is 0.148. The van der Waals surface area contributed by atoms with E-state index in [9.17, 15) is 4.79 Å². The van der Waals surface area contributed by atoms with Crippen LogP contribution in [0.25, 0.3) is 5.69 Å². The Labute approximate surface area is 178 Å². The van der Waals surface area contributed by atoms with Gasteiger partial charge in [0.25, 0.3) is 0 Å². The van der Waals surface area contributed by atoms with Crippen LogP contribution in [0.4, 0.5) is 0 Å². The van der Waals surface area contributed by atoms with Crippen LogP contribution < -0.4 is 5.43 Å². The van der Waals surface area contributed by atoms with Gasteiger partial charge in [-0.05, 0) is 50.2 Å². The van der Waals surface area contributed by atoms with Crippen LogP contribution >= 0.6 is 35.0 Å². The summed E-state index contributed by atoms with van der Waals surface area (Å²) >= 11 is 13.9. The molecule has 7 heteroatoms. The Balaban J connectivity index is 1.68. The van der Waals surface area contributed by atoms with Gasteiger partial charge >= 0.3 is 0 Å². The van der Waals surface area contributed by atoms with Gasteiger partial charge in [-0.25, -0.2) is 5.43 Å². The third-order valence-electron chi connectivity index (χ3n) is 4.13. The fraction of sp³-hybridized carbons (Fsp3) is 0.143. The number of nitrogens with one attached hydrogen (secondary N) is 1. The second-order valence-electron chi connectivity index (χ2n) is 6.15. The zero-order valence-corrected chi connectivity index (χ0v) is 17.8. The number of aromatic nitrogens is 1. The molecule has 0 saturated carbocycles. The van der Waals surface area contributed by atoms with Gasteiger partial charge in [-0.3, -0.25) is 4.79 Å². The van der Waals surface area contributed by atoms with Gasteiger partial charge in [0.05, 0.1) is 22.7 Å². The lowest BCUT2D eigenvalue weighted by Gasteiger charge is -2.12. The van der Waals surface area contributed by atoms with E-state index >= 15 is 0 Å². The van der Waals surface area contributed by atoms with Gasteiger partial charge < -0.3 is 4.57 Å². The van der Waals surface area contributed by atoms with Crippen molar-refractivity contribution in [1.82, 2.24) is 9.99 Å². The summed E-state index contributed by atoms with van der Waals surface area (Å²) in [4.78, 5) is 13.0. The summed E-state index contributed by atoms with van der Waals surface area (Å²) in [7, 11) is 0. The molecule has 0 saturated heterocycles. The van der Waals surface area contributed by atoms with E-state index in [0.29, 0.717) is 15.8 Å². The lowest BCUT2D eigenvalue weighted by molar-refractivity contribution is -0.118. The third kappa shape index (κ3) is 4.98. The highest BCUT2D eigenvalue weighted by Crippen LogP contribution is 2.28. The van der Waals surface area contributed by atoms with Crippen LogP contribution in [0.15, 0.2) is 64.6 Å².